The highest BCUT2D eigenvalue weighted by Crippen LogP contribution is 2.11. The van der Waals surface area contributed by atoms with Gasteiger partial charge >= 0.3 is 0 Å². The van der Waals surface area contributed by atoms with Gasteiger partial charge in [-0.15, -0.1) is 0 Å². The number of aryl methyl sites for hydroxylation is 1. The van der Waals surface area contributed by atoms with Crippen LogP contribution in [0.2, 0.25) is 0 Å². The molecule has 4 heteroatoms. The summed E-state index contributed by atoms with van der Waals surface area (Å²) in [4.78, 5) is 6.12. The van der Waals surface area contributed by atoms with Crippen LogP contribution >= 0.6 is 0 Å². The van der Waals surface area contributed by atoms with E-state index >= 15 is 0 Å². The summed E-state index contributed by atoms with van der Waals surface area (Å²) in [6.07, 6.45) is 5.90. The molecule has 0 atom stereocenters. The van der Waals surface area contributed by atoms with Gasteiger partial charge in [0.1, 0.15) is 11.5 Å². The van der Waals surface area contributed by atoms with Crippen molar-refractivity contribution in [3.05, 3.63) is 18.2 Å². The van der Waals surface area contributed by atoms with Crippen LogP contribution in [0.25, 0.3) is 0 Å². The van der Waals surface area contributed by atoms with Gasteiger partial charge in [0, 0.05) is 20.1 Å². The Balaban J connectivity index is 2.17. The summed E-state index contributed by atoms with van der Waals surface area (Å²) in [7, 11) is 1.92. The van der Waals surface area contributed by atoms with Crippen molar-refractivity contribution in [3.63, 3.8) is 0 Å². The molecule has 1 aliphatic rings. The first-order valence-electron chi connectivity index (χ1n) is 4.59. The van der Waals surface area contributed by atoms with Crippen molar-refractivity contribution < 1.29 is 0 Å². The van der Waals surface area contributed by atoms with Crippen molar-refractivity contribution in [2.24, 2.45) is 7.05 Å². The second-order valence-electron chi connectivity index (χ2n) is 3.43. The zero-order valence-corrected chi connectivity index (χ0v) is 7.82. The van der Waals surface area contributed by atoms with Crippen molar-refractivity contribution >= 4 is 5.84 Å². The van der Waals surface area contributed by atoms with E-state index in [-0.39, 0.29) is 0 Å². The molecule has 0 amide bonds. The third kappa shape index (κ3) is 1.43. The Kier molecular flexibility index (Phi) is 2.04. The molecule has 0 radical (unpaired) electrons. The van der Waals surface area contributed by atoms with Gasteiger partial charge in [0.2, 0.25) is 0 Å². The van der Waals surface area contributed by atoms with E-state index in [1.165, 1.54) is 12.8 Å². The summed E-state index contributed by atoms with van der Waals surface area (Å²) in [6, 6.07) is 0. The summed E-state index contributed by atoms with van der Waals surface area (Å²) in [5.41, 5.74) is 0.905. The van der Waals surface area contributed by atoms with E-state index < -0.39 is 0 Å². The van der Waals surface area contributed by atoms with Crippen LogP contribution in [0.4, 0.5) is 0 Å². The number of nitrogens with one attached hydrogen (secondary N) is 1. The highest BCUT2D eigenvalue weighted by molar-refractivity contribution is 5.94. The molecular weight excluding hydrogens is 164 g/mol. The molecule has 13 heavy (non-hydrogen) atoms. The van der Waals surface area contributed by atoms with Crippen LogP contribution in [0.15, 0.2) is 12.5 Å². The average molecular weight is 178 g/mol. The Morgan fingerprint density at radius 3 is 2.69 bits per heavy atom. The largest absolute Gasteiger partial charge is 0.355 e. The minimum Gasteiger partial charge on any atom is -0.355 e. The van der Waals surface area contributed by atoms with Crippen LogP contribution in [-0.4, -0.2) is 33.4 Å². The van der Waals surface area contributed by atoms with Crippen molar-refractivity contribution in [1.29, 1.82) is 5.41 Å². The van der Waals surface area contributed by atoms with Gasteiger partial charge in [0.05, 0.1) is 12.5 Å². The van der Waals surface area contributed by atoms with E-state index in [0.717, 1.165) is 18.8 Å². The van der Waals surface area contributed by atoms with Gasteiger partial charge < -0.3 is 9.47 Å². The third-order valence-electron chi connectivity index (χ3n) is 2.48. The molecule has 1 aromatic heterocycles. The van der Waals surface area contributed by atoms with Gasteiger partial charge in [0.25, 0.3) is 0 Å². The van der Waals surface area contributed by atoms with E-state index in [4.69, 9.17) is 5.41 Å². The SMILES string of the molecule is Cn1cncc1C(=N)N1CCCC1. The van der Waals surface area contributed by atoms with Crippen molar-refractivity contribution in [3.8, 4) is 0 Å². The van der Waals surface area contributed by atoms with Gasteiger partial charge in [-0.05, 0) is 12.8 Å². The van der Waals surface area contributed by atoms with Crippen molar-refractivity contribution in [1.82, 2.24) is 14.5 Å². The first-order chi connectivity index (χ1) is 6.29. The Labute approximate surface area is 77.7 Å². The number of imidazole rings is 1. The lowest BCUT2D eigenvalue weighted by Crippen LogP contribution is -2.29. The van der Waals surface area contributed by atoms with Crippen LogP contribution in [0, 0.1) is 5.41 Å². The van der Waals surface area contributed by atoms with Crippen molar-refractivity contribution in [2.75, 3.05) is 13.1 Å². The molecule has 0 saturated carbocycles. The molecule has 0 unspecified atom stereocenters. The summed E-state index contributed by atoms with van der Waals surface area (Å²) >= 11 is 0. The maximum absolute atomic E-state index is 7.95. The second-order valence-corrected chi connectivity index (χ2v) is 3.43. The van der Waals surface area contributed by atoms with Crippen LogP contribution in [0.3, 0.4) is 0 Å². The number of amidine groups is 1. The Hall–Kier alpha value is -1.32. The minimum atomic E-state index is 0.609. The predicted octanol–water partition coefficient (Wildman–Crippen LogP) is 0.841. The fraction of sp³-hybridized carbons (Fsp3) is 0.556. The predicted molar refractivity (Wildman–Crippen MR) is 50.8 cm³/mol. The van der Waals surface area contributed by atoms with Crippen LogP contribution in [-0.2, 0) is 7.05 Å². The number of aromatic nitrogens is 2. The minimum absolute atomic E-state index is 0.609. The first-order valence-corrected chi connectivity index (χ1v) is 4.59. The van der Waals surface area contributed by atoms with E-state index in [2.05, 4.69) is 9.88 Å². The second kappa shape index (κ2) is 3.20. The monoisotopic (exact) mass is 178 g/mol. The number of rotatable bonds is 1. The third-order valence-corrected chi connectivity index (χ3v) is 2.48. The molecule has 2 rings (SSSR count). The average Bonchev–Trinajstić information content (AvgIpc) is 2.72. The van der Waals surface area contributed by atoms with Gasteiger partial charge in [-0.25, -0.2) is 4.98 Å². The van der Waals surface area contributed by atoms with Crippen molar-refractivity contribution in [2.45, 2.75) is 12.8 Å². The Morgan fingerprint density at radius 1 is 1.46 bits per heavy atom. The fourth-order valence-electron chi connectivity index (χ4n) is 1.69. The first kappa shape index (κ1) is 8.29. The Morgan fingerprint density at radius 2 is 2.15 bits per heavy atom. The Bertz CT molecular complexity index is 309. The number of nitrogens with zero attached hydrogens (tertiary/aromatic N) is 3. The lowest BCUT2D eigenvalue weighted by Gasteiger charge is -2.17. The van der Waals surface area contributed by atoms with Crippen LogP contribution < -0.4 is 0 Å². The number of likely N-dealkylation sites (tertiary alicyclic amines) is 1. The van der Waals surface area contributed by atoms with Gasteiger partial charge in [-0.3, -0.25) is 5.41 Å². The van der Waals surface area contributed by atoms with Gasteiger partial charge in [0.15, 0.2) is 0 Å². The summed E-state index contributed by atoms with van der Waals surface area (Å²) in [5.74, 6) is 0.609. The van der Waals surface area contributed by atoms with E-state index in [1.807, 2.05) is 11.6 Å². The fourth-order valence-corrected chi connectivity index (χ4v) is 1.69. The summed E-state index contributed by atoms with van der Waals surface area (Å²) in [5, 5.41) is 7.95. The van der Waals surface area contributed by atoms with E-state index in [0.29, 0.717) is 5.84 Å². The number of hydrogen-bond donors (Lipinski definition) is 1. The molecular formula is C9H14N4. The van der Waals surface area contributed by atoms with Crippen LogP contribution in [0.5, 0.6) is 0 Å². The zero-order valence-electron chi connectivity index (χ0n) is 7.82. The lowest BCUT2D eigenvalue weighted by molar-refractivity contribution is 0.513. The lowest BCUT2D eigenvalue weighted by atomic mass is 10.4. The van der Waals surface area contributed by atoms with E-state index in [9.17, 15) is 0 Å². The summed E-state index contributed by atoms with van der Waals surface area (Å²) < 4.78 is 1.89. The highest BCUT2D eigenvalue weighted by atomic mass is 15.2. The van der Waals surface area contributed by atoms with Crippen LogP contribution in [0.1, 0.15) is 18.5 Å². The molecule has 0 aromatic carbocycles. The van der Waals surface area contributed by atoms with E-state index in [1.54, 1.807) is 12.5 Å². The van der Waals surface area contributed by atoms with Gasteiger partial charge in [-0.1, -0.05) is 0 Å². The maximum Gasteiger partial charge on any atom is 0.146 e. The number of hydrogen-bond acceptors (Lipinski definition) is 2. The highest BCUT2D eigenvalue weighted by Gasteiger charge is 2.17. The van der Waals surface area contributed by atoms with Gasteiger partial charge in [-0.2, -0.15) is 0 Å². The zero-order chi connectivity index (χ0) is 9.26. The molecule has 1 aromatic rings. The molecule has 1 saturated heterocycles. The molecule has 0 spiro atoms. The molecule has 70 valence electrons. The molecule has 2 heterocycles. The molecule has 1 fully saturated rings. The topological polar surface area (TPSA) is 44.9 Å². The quantitative estimate of drug-likeness (QED) is 0.511. The molecule has 1 aliphatic heterocycles. The molecule has 4 nitrogen and oxygen atoms in total. The summed E-state index contributed by atoms with van der Waals surface area (Å²) in [6.45, 7) is 2.04. The maximum atomic E-state index is 7.95. The smallest absolute Gasteiger partial charge is 0.146 e. The standard InChI is InChI=1S/C9H14N4/c1-12-7-11-6-8(12)9(10)13-4-2-3-5-13/h6-7,10H,2-5H2,1H3. The molecule has 0 aliphatic carbocycles. The molecule has 1 N–H and O–H groups in total. The molecule has 0 bridgehead atoms. The normalized spacial score (nSPS) is 16.5.